The van der Waals surface area contributed by atoms with Gasteiger partial charge in [-0.2, -0.15) is 5.26 Å². The van der Waals surface area contributed by atoms with Crippen molar-refractivity contribution in [3.8, 4) is 6.07 Å². The van der Waals surface area contributed by atoms with Gasteiger partial charge in [-0.1, -0.05) is 0 Å². The third kappa shape index (κ3) is 2.69. The minimum Gasteiger partial charge on any atom is -0.316 e. The van der Waals surface area contributed by atoms with Crippen molar-refractivity contribution in [1.82, 2.24) is 5.32 Å². The van der Waals surface area contributed by atoms with Gasteiger partial charge in [-0.15, -0.1) is 12.4 Å². The van der Waals surface area contributed by atoms with Crippen LogP contribution in [0.25, 0.3) is 0 Å². The molecule has 0 bridgehead atoms. The molecule has 1 atom stereocenters. The number of nitriles is 1. The van der Waals surface area contributed by atoms with Crippen molar-refractivity contribution in [3.05, 3.63) is 0 Å². The average Bonchev–Trinajstić information content (AvgIpc) is 2.19. The van der Waals surface area contributed by atoms with Gasteiger partial charge in [0.25, 0.3) is 0 Å². The van der Waals surface area contributed by atoms with Crippen LogP contribution in [-0.4, -0.2) is 13.1 Å². The Kier molecular flexibility index (Phi) is 4.47. The van der Waals surface area contributed by atoms with Crippen molar-refractivity contribution in [2.75, 3.05) is 13.1 Å². The summed E-state index contributed by atoms with van der Waals surface area (Å²) in [4.78, 5) is 0. The number of hydrogen-bond donors (Lipinski definition) is 1. The first-order valence-corrected chi connectivity index (χ1v) is 3.01. The maximum absolute atomic E-state index is 8.25. The fourth-order valence-electron chi connectivity index (χ4n) is 1.02. The molecule has 1 saturated heterocycles. The van der Waals surface area contributed by atoms with Crippen LogP contribution in [0.4, 0.5) is 0 Å². The summed E-state index contributed by atoms with van der Waals surface area (Å²) in [6, 6.07) is 2.17. The van der Waals surface area contributed by atoms with Crippen molar-refractivity contribution < 1.29 is 0 Å². The topological polar surface area (TPSA) is 35.8 Å². The van der Waals surface area contributed by atoms with Crippen LogP contribution in [0.5, 0.6) is 0 Å². The van der Waals surface area contributed by atoms with Crippen molar-refractivity contribution in [3.63, 3.8) is 0 Å². The van der Waals surface area contributed by atoms with Gasteiger partial charge in [-0.25, -0.2) is 0 Å². The summed E-state index contributed by atoms with van der Waals surface area (Å²) in [5, 5.41) is 11.5. The second-order valence-corrected chi connectivity index (χ2v) is 2.22. The van der Waals surface area contributed by atoms with E-state index >= 15 is 0 Å². The monoisotopic (exact) mass is 146 g/mol. The molecule has 1 N–H and O–H groups in total. The highest BCUT2D eigenvalue weighted by Crippen LogP contribution is 2.09. The molecule has 0 unspecified atom stereocenters. The number of nitrogens with one attached hydrogen (secondary N) is 1. The lowest BCUT2D eigenvalue weighted by Crippen LogP contribution is -2.08. The molecule has 1 aliphatic heterocycles. The Bertz CT molecular complexity index is 102. The molecule has 3 heteroatoms. The smallest absolute Gasteiger partial charge is 0.0625 e. The van der Waals surface area contributed by atoms with Crippen LogP contribution in [0.3, 0.4) is 0 Å². The minimum atomic E-state index is 0. The summed E-state index contributed by atoms with van der Waals surface area (Å²) in [7, 11) is 0. The molecule has 2 nitrogen and oxygen atoms in total. The van der Waals surface area contributed by atoms with Crippen LogP contribution in [0.15, 0.2) is 0 Å². The van der Waals surface area contributed by atoms with E-state index in [1.807, 2.05) is 0 Å². The molecule has 9 heavy (non-hydrogen) atoms. The van der Waals surface area contributed by atoms with E-state index in [9.17, 15) is 0 Å². The lowest BCUT2D eigenvalue weighted by Gasteiger charge is -1.96. The lowest BCUT2D eigenvalue weighted by molar-refractivity contribution is 0.599. The van der Waals surface area contributed by atoms with Crippen LogP contribution < -0.4 is 5.32 Å². The molecule has 0 aromatic carbocycles. The third-order valence-corrected chi connectivity index (χ3v) is 1.54. The molecule has 0 saturated carbocycles. The van der Waals surface area contributed by atoms with Crippen molar-refractivity contribution >= 4 is 12.4 Å². The zero-order valence-electron chi connectivity index (χ0n) is 5.26. The highest BCUT2D eigenvalue weighted by Gasteiger charge is 2.12. The SMILES string of the molecule is Cl.N#CC[C@H]1CCNC1. The molecule has 0 aliphatic carbocycles. The Labute approximate surface area is 61.7 Å². The van der Waals surface area contributed by atoms with Crippen molar-refractivity contribution in [2.24, 2.45) is 5.92 Å². The van der Waals surface area contributed by atoms with Gasteiger partial charge in [-0.05, 0) is 25.4 Å². The van der Waals surface area contributed by atoms with E-state index in [0.717, 1.165) is 19.5 Å². The van der Waals surface area contributed by atoms with Crippen molar-refractivity contribution in [2.45, 2.75) is 12.8 Å². The molecule has 1 rings (SSSR count). The molecule has 1 fully saturated rings. The van der Waals surface area contributed by atoms with Gasteiger partial charge < -0.3 is 5.32 Å². The molecular formula is C6H11ClN2. The standard InChI is InChI=1S/C6H10N2.ClH/c7-3-1-6-2-4-8-5-6;/h6,8H,1-2,4-5H2;1H/t6-;/m0./s1. The molecule has 0 aromatic rings. The Morgan fingerprint density at radius 1 is 1.67 bits per heavy atom. The average molecular weight is 147 g/mol. The highest BCUT2D eigenvalue weighted by molar-refractivity contribution is 5.85. The van der Waals surface area contributed by atoms with E-state index < -0.39 is 0 Å². The Morgan fingerprint density at radius 3 is 2.89 bits per heavy atom. The molecule has 1 heterocycles. The first-order chi connectivity index (χ1) is 3.93. The number of rotatable bonds is 1. The number of nitrogens with zero attached hydrogens (tertiary/aromatic N) is 1. The van der Waals surface area contributed by atoms with E-state index in [1.165, 1.54) is 6.42 Å². The summed E-state index contributed by atoms with van der Waals surface area (Å²) < 4.78 is 0. The molecular weight excluding hydrogens is 136 g/mol. The van der Waals surface area contributed by atoms with Crippen LogP contribution in [0.2, 0.25) is 0 Å². The molecule has 0 aromatic heterocycles. The maximum atomic E-state index is 8.25. The summed E-state index contributed by atoms with van der Waals surface area (Å²) in [6.45, 7) is 2.15. The van der Waals surface area contributed by atoms with Gasteiger partial charge in [0.15, 0.2) is 0 Å². The quantitative estimate of drug-likeness (QED) is 0.598. The zero-order chi connectivity index (χ0) is 5.82. The predicted molar refractivity (Wildman–Crippen MR) is 38.5 cm³/mol. The number of halogens is 1. The molecule has 52 valence electrons. The maximum Gasteiger partial charge on any atom is 0.0625 e. The van der Waals surface area contributed by atoms with Gasteiger partial charge >= 0.3 is 0 Å². The predicted octanol–water partition coefficient (Wildman–Crippen LogP) is 0.931. The van der Waals surface area contributed by atoms with E-state index in [-0.39, 0.29) is 12.4 Å². The Hall–Kier alpha value is -0.260. The molecule has 0 amide bonds. The van der Waals surface area contributed by atoms with Gasteiger partial charge in [-0.3, -0.25) is 0 Å². The lowest BCUT2D eigenvalue weighted by atomic mass is 10.1. The zero-order valence-corrected chi connectivity index (χ0v) is 6.08. The van der Waals surface area contributed by atoms with Gasteiger partial charge in [0.2, 0.25) is 0 Å². The normalized spacial score (nSPS) is 24.6. The second kappa shape index (κ2) is 4.60. The van der Waals surface area contributed by atoms with E-state index in [2.05, 4.69) is 11.4 Å². The summed E-state index contributed by atoms with van der Waals surface area (Å²) >= 11 is 0. The Morgan fingerprint density at radius 2 is 2.44 bits per heavy atom. The molecule has 1 aliphatic rings. The van der Waals surface area contributed by atoms with Crippen LogP contribution in [0, 0.1) is 17.2 Å². The van der Waals surface area contributed by atoms with Gasteiger partial charge in [0, 0.05) is 6.42 Å². The van der Waals surface area contributed by atoms with E-state index in [1.54, 1.807) is 0 Å². The van der Waals surface area contributed by atoms with E-state index in [0.29, 0.717) is 5.92 Å². The fraction of sp³-hybridized carbons (Fsp3) is 0.833. The minimum absolute atomic E-state index is 0. The fourth-order valence-corrected chi connectivity index (χ4v) is 1.02. The summed E-state index contributed by atoms with van der Waals surface area (Å²) in [5.74, 6) is 0.639. The third-order valence-electron chi connectivity index (χ3n) is 1.54. The van der Waals surface area contributed by atoms with Gasteiger partial charge in [0.05, 0.1) is 6.07 Å². The van der Waals surface area contributed by atoms with Crippen LogP contribution in [-0.2, 0) is 0 Å². The van der Waals surface area contributed by atoms with Crippen LogP contribution >= 0.6 is 12.4 Å². The second-order valence-electron chi connectivity index (χ2n) is 2.22. The highest BCUT2D eigenvalue weighted by atomic mass is 35.5. The summed E-state index contributed by atoms with van der Waals surface area (Å²) in [5.41, 5.74) is 0. The van der Waals surface area contributed by atoms with Crippen molar-refractivity contribution in [1.29, 1.82) is 5.26 Å². The summed E-state index contributed by atoms with van der Waals surface area (Å²) in [6.07, 6.45) is 1.92. The largest absolute Gasteiger partial charge is 0.316 e. The first kappa shape index (κ1) is 8.74. The van der Waals surface area contributed by atoms with Gasteiger partial charge in [0.1, 0.15) is 0 Å². The molecule has 0 radical (unpaired) electrons. The van der Waals surface area contributed by atoms with Crippen LogP contribution in [0.1, 0.15) is 12.8 Å². The first-order valence-electron chi connectivity index (χ1n) is 3.01. The Balaban J connectivity index is 0.000000640. The number of hydrogen-bond acceptors (Lipinski definition) is 2. The molecule has 0 spiro atoms. The van der Waals surface area contributed by atoms with E-state index in [4.69, 9.17) is 5.26 Å².